The van der Waals surface area contributed by atoms with E-state index in [1.165, 1.54) is 11.9 Å². The second kappa shape index (κ2) is 7.72. The number of hydrogen-bond donors (Lipinski definition) is 1. The van der Waals surface area contributed by atoms with Gasteiger partial charge in [0.2, 0.25) is 0 Å². The van der Waals surface area contributed by atoms with Gasteiger partial charge in [-0.25, -0.2) is 4.79 Å². The molecule has 3 aromatic rings. The van der Waals surface area contributed by atoms with Gasteiger partial charge in [0.15, 0.2) is 5.78 Å². The van der Waals surface area contributed by atoms with Crippen LogP contribution in [-0.2, 0) is 4.74 Å². The van der Waals surface area contributed by atoms with Gasteiger partial charge in [-0.2, -0.15) is 5.01 Å². The Balaban J connectivity index is 1.95. The summed E-state index contributed by atoms with van der Waals surface area (Å²) in [5, 5.41) is 3.48. The lowest BCUT2D eigenvalue weighted by atomic mass is 10.1. The molecule has 144 valence electrons. The lowest BCUT2D eigenvalue weighted by molar-refractivity contribution is 0.0589. The number of benzene rings is 3. The van der Waals surface area contributed by atoms with Crippen molar-refractivity contribution in [3.05, 3.63) is 72.3 Å². The van der Waals surface area contributed by atoms with Crippen LogP contribution in [-0.4, -0.2) is 17.5 Å². The van der Waals surface area contributed by atoms with E-state index in [4.69, 9.17) is 4.74 Å². The molecule has 28 heavy (non-hydrogen) atoms. The maximum Gasteiger partial charge on any atom is 0.433 e. The molecule has 5 heteroatoms. The van der Waals surface area contributed by atoms with Gasteiger partial charge in [0.1, 0.15) is 5.60 Å². The highest BCUT2D eigenvalue weighted by Gasteiger charge is 2.24. The molecule has 0 aliphatic heterocycles. The topological polar surface area (TPSA) is 58.6 Å². The molecule has 0 saturated heterocycles. The van der Waals surface area contributed by atoms with Gasteiger partial charge in [-0.3, -0.25) is 10.2 Å². The number of nitrogens with one attached hydrogen (secondary N) is 1. The van der Waals surface area contributed by atoms with Crippen molar-refractivity contribution in [3.63, 3.8) is 0 Å². The Morgan fingerprint density at radius 1 is 0.893 bits per heavy atom. The Morgan fingerprint density at radius 2 is 1.54 bits per heavy atom. The summed E-state index contributed by atoms with van der Waals surface area (Å²) >= 11 is 0. The molecule has 0 spiro atoms. The molecule has 1 amide bonds. The summed E-state index contributed by atoms with van der Waals surface area (Å²) < 4.78 is 5.57. The predicted octanol–water partition coefficient (Wildman–Crippen LogP) is 5.81. The van der Waals surface area contributed by atoms with Crippen molar-refractivity contribution in [1.82, 2.24) is 0 Å². The molecule has 3 rings (SSSR count). The standard InChI is InChI=1S/C23H24N2O3/c1-16(26)17-9-12-20(13-10-17)24-25(22(27)28-23(2,3)4)21-14-11-18-7-5-6-8-19(18)15-21/h5-15,24H,1-4H3. The highest BCUT2D eigenvalue weighted by molar-refractivity contribution is 5.96. The average molecular weight is 376 g/mol. The quantitative estimate of drug-likeness (QED) is 0.461. The summed E-state index contributed by atoms with van der Waals surface area (Å²) in [7, 11) is 0. The molecule has 0 aliphatic carbocycles. The number of ketones is 1. The number of fused-ring (bicyclic) bond motifs is 1. The second-order valence-corrected chi connectivity index (χ2v) is 7.59. The molecule has 0 fully saturated rings. The minimum absolute atomic E-state index is 0.00919. The van der Waals surface area contributed by atoms with Crippen molar-refractivity contribution in [3.8, 4) is 0 Å². The van der Waals surface area contributed by atoms with Crippen LogP contribution in [0.4, 0.5) is 16.2 Å². The average Bonchev–Trinajstić information content (AvgIpc) is 2.64. The third kappa shape index (κ3) is 4.68. The van der Waals surface area contributed by atoms with Crippen molar-refractivity contribution in [2.24, 2.45) is 0 Å². The van der Waals surface area contributed by atoms with Crippen LogP contribution in [0, 0.1) is 0 Å². The minimum Gasteiger partial charge on any atom is -0.442 e. The number of amides is 1. The molecule has 0 unspecified atom stereocenters. The minimum atomic E-state index is -0.633. The first-order valence-electron chi connectivity index (χ1n) is 9.12. The maximum absolute atomic E-state index is 12.9. The molecular formula is C23H24N2O3. The van der Waals surface area contributed by atoms with E-state index in [0.717, 1.165) is 10.8 Å². The Hall–Kier alpha value is -3.34. The first-order chi connectivity index (χ1) is 13.2. The number of rotatable bonds is 4. The van der Waals surface area contributed by atoms with Gasteiger partial charge in [0.25, 0.3) is 0 Å². The molecule has 0 bridgehead atoms. The van der Waals surface area contributed by atoms with Crippen LogP contribution in [0.2, 0.25) is 0 Å². The molecule has 0 heterocycles. The van der Waals surface area contributed by atoms with E-state index >= 15 is 0 Å². The predicted molar refractivity (Wildman–Crippen MR) is 113 cm³/mol. The van der Waals surface area contributed by atoms with Crippen LogP contribution in [0.3, 0.4) is 0 Å². The highest BCUT2D eigenvalue weighted by Crippen LogP contribution is 2.25. The summed E-state index contributed by atoms with van der Waals surface area (Å²) in [6.45, 7) is 6.99. The van der Waals surface area contributed by atoms with Crippen LogP contribution < -0.4 is 10.4 Å². The van der Waals surface area contributed by atoms with E-state index in [9.17, 15) is 9.59 Å². The number of Topliss-reactive ketones (excluding diaryl/α,β-unsaturated/α-hetero) is 1. The van der Waals surface area contributed by atoms with Gasteiger partial charge in [-0.1, -0.05) is 30.3 Å². The van der Waals surface area contributed by atoms with E-state index in [1.807, 2.05) is 63.2 Å². The summed E-state index contributed by atoms with van der Waals surface area (Å²) in [5.74, 6) is -0.00919. The van der Waals surface area contributed by atoms with Crippen molar-refractivity contribution < 1.29 is 14.3 Å². The molecular weight excluding hydrogens is 352 g/mol. The first-order valence-corrected chi connectivity index (χ1v) is 9.12. The molecule has 1 N–H and O–H groups in total. The fraction of sp³-hybridized carbons (Fsp3) is 0.217. The monoisotopic (exact) mass is 376 g/mol. The smallest absolute Gasteiger partial charge is 0.433 e. The molecule has 0 aromatic heterocycles. The van der Waals surface area contributed by atoms with Gasteiger partial charge in [-0.05, 0) is 74.9 Å². The SMILES string of the molecule is CC(=O)c1ccc(NN(C(=O)OC(C)(C)C)c2ccc3ccccc3c2)cc1. The summed E-state index contributed by atoms with van der Waals surface area (Å²) in [6, 6.07) is 20.7. The van der Waals surface area contributed by atoms with Crippen molar-refractivity contribution in [2.75, 3.05) is 10.4 Å². The Kier molecular flexibility index (Phi) is 5.36. The second-order valence-electron chi connectivity index (χ2n) is 7.59. The third-order valence-corrected chi connectivity index (χ3v) is 4.10. The lowest BCUT2D eigenvalue weighted by Crippen LogP contribution is -2.40. The highest BCUT2D eigenvalue weighted by atomic mass is 16.6. The number of anilines is 2. The van der Waals surface area contributed by atoms with Crippen molar-refractivity contribution in [1.29, 1.82) is 0 Å². The molecule has 3 aromatic carbocycles. The molecule has 0 radical (unpaired) electrons. The van der Waals surface area contributed by atoms with Gasteiger partial charge < -0.3 is 4.74 Å². The summed E-state index contributed by atoms with van der Waals surface area (Å²) in [5.41, 5.74) is 4.40. The van der Waals surface area contributed by atoms with Crippen LogP contribution >= 0.6 is 0 Å². The number of hydrazine groups is 1. The largest absolute Gasteiger partial charge is 0.442 e. The van der Waals surface area contributed by atoms with Crippen LogP contribution in [0.15, 0.2) is 66.7 Å². The third-order valence-electron chi connectivity index (χ3n) is 4.10. The number of carbonyl (C=O) groups excluding carboxylic acids is 2. The Morgan fingerprint density at radius 3 is 2.14 bits per heavy atom. The fourth-order valence-electron chi connectivity index (χ4n) is 2.75. The summed E-state index contributed by atoms with van der Waals surface area (Å²) in [6.07, 6.45) is -0.515. The normalized spacial score (nSPS) is 11.1. The number of ether oxygens (including phenoxy) is 1. The number of hydrogen-bond acceptors (Lipinski definition) is 4. The zero-order chi connectivity index (χ0) is 20.3. The van der Waals surface area contributed by atoms with Crippen LogP contribution in [0.25, 0.3) is 10.8 Å². The van der Waals surface area contributed by atoms with Crippen molar-refractivity contribution in [2.45, 2.75) is 33.3 Å². The first kappa shape index (κ1) is 19.4. The number of nitrogens with zero attached hydrogens (tertiary/aromatic N) is 1. The van der Waals surface area contributed by atoms with Gasteiger partial charge in [-0.15, -0.1) is 0 Å². The van der Waals surface area contributed by atoms with Crippen LogP contribution in [0.5, 0.6) is 0 Å². The Bertz CT molecular complexity index is 1000. The van der Waals surface area contributed by atoms with E-state index in [2.05, 4.69) is 5.43 Å². The molecule has 0 atom stereocenters. The number of carbonyl (C=O) groups is 2. The maximum atomic E-state index is 12.9. The Labute approximate surface area is 164 Å². The van der Waals surface area contributed by atoms with Crippen molar-refractivity contribution >= 4 is 34.0 Å². The molecule has 5 nitrogen and oxygen atoms in total. The van der Waals surface area contributed by atoms with Crippen LogP contribution in [0.1, 0.15) is 38.1 Å². The molecule has 0 aliphatic rings. The summed E-state index contributed by atoms with van der Waals surface area (Å²) in [4.78, 5) is 24.3. The fourth-order valence-corrected chi connectivity index (χ4v) is 2.75. The zero-order valence-corrected chi connectivity index (χ0v) is 16.5. The van der Waals surface area contributed by atoms with E-state index in [0.29, 0.717) is 16.9 Å². The van der Waals surface area contributed by atoms with Gasteiger partial charge in [0.05, 0.1) is 11.4 Å². The van der Waals surface area contributed by atoms with E-state index < -0.39 is 11.7 Å². The van der Waals surface area contributed by atoms with E-state index in [1.54, 1.807) is 24.3 Å². The van der Waals surface area contributed by atoms with E-state index in [-0.39, 0.29) is 5.78 Å². The van der Waals surface area contributed by atoms with Gasteiger partial charge >= 0.3 is 6.09 Å². The lowest BCUT2D eigenvalue weighted by Gasteiger charge is -2.28. The molecule has 0 saturated carbocycles. The zero-order valence-electron chi connectivity index (χ0n) is 16.5. The van der Waals surface area contributed by atoms with Gasteiger partial charge in [0, 0.05) is 5.56 Å².